The third-order valence-corrected chi connectivity index (χ3v) is 2.40. The zero-order chi connectivity index (χ0) is 13.7. The van der Waals surface area contributed by atoms with Crippen LogP contribution in [-0.4, -0.2) is 30.2 Å². The molecule has 18 heavy (non-hydrogen) atoms. The fourth-order valence-electron chi connectivity index (χ4n) is 1.78. The van der Waals surface area contributed by atoms with E-state index in [1.807, 2.05) is 32.9 Å². The number of anilines is 1. The Hall–Kier alpha value is -1.88. The third-order valence-electron chi connectivity index (χ3n) is 2.40. The molecule has 98 valence electrons. The van der Waals surface area contributed by atoms with E-state index in [-0.39, 0.29) is 12.5 Å². The third kappa shape index (κ3) is 4.18. The van der Waals surface area contributed by atoms with Crippen LogP contribution in [0.4, 0.5) is 5.69 Å². The van der Waals surface area contributed by atoms with Crippen molar-refractivity contribution in [2.24, 2.45) is 0 Å². The number of carboxylic acids is 1. The molecule has 0 atom stereocenters. The van der Waals surface area contributed by atoms with Crippen molar-refractivity contribution in [2.45, 2.75) is 20.8 Å². The van der Waals surface area contributed by atoms with E-state index in [9.17, 15) is 9.59 Å². The molecule has 0 aromatic heterocycles. The van der Waals surface area contributed by atoms with Crippen molar-refractivity contribution in [3.05, 3.63) is 28.8 Å². The summed E-state index contributed by atoms with van der Waals surface area (Å²) in [5.41, 5.74) is 3.83. The van der Waals surface area contributed by atoms with Crippen LogP contribution in [0.1, 0.15) is 16.7 Å². The van der Waals surface area contributed by atoms with Crippen molar-refractivity contribution in [1.29, 1.82) is 0 Å². The molecule has 0 radical (unpaired) electrons. The second kappa shape index (κ2) is 6.16. The largest absolute Gasteiger partial charge is 0.480 e. The van der Waals surface area contributed by atoms with E-state index < -0.39 is 12.6 Å². The molecule has 0 saturated heterocycles. The normalized spacial score (nSPS) is 10.2. The highest BCUT2D eigenvalue weighted by atomic mass is 16.5. The minimum absolute atomic E-state index is 0.265. The lowest BCUT2D eigenvalue weighted by molar-refractivity contribution is -0.143. The number of aryl methyl sites for hydroxylation is 3. The molecule has 1 aromatic rings. The summed E-state index contributed by atoms with van der Waals surface area (Å²) in [5, 5.41) is 11.1. The average molecular weight is 251 g/mol. The summed E-state index contributed by atoms with van der Waals surface area (Å²) in [5.74, 6) is -1.45. The van der Waals surface area contributed by atoms with Crippen molar-refractivity contribution in [2.75, 3.05) is 18.5 Å². The SMILES string of the molecule is Cc1cc(C)c(NC(=O)COCC(=O)O)c(C)c1. The summed E-state index contributed by atoms with van der Waals surface area (Å²) >= 11 is 0. The molecule has 5 nitrogen and oxygen atoms in total. The zero-order valence-electron chi connectivity index (χ0n) is 10.7. The maximum Gasteiger partial charge on any atom is 0.329 e. The summed E-state index contributed by atoms with van der Waals surface area (Å²) in [6, 6.07) is 3.95. The van der Waals surface area contributed by atoms with Crippen LogP contribution in [0.15, 0.2) is 12.1 Å². The number of carboxylic acid groups (broad SMARTS) is 1. The Bertz CT molecular complexity index is 445. The van der Waals surface area contributed by atoms with E-state index in [4.69, 9.17) is 9.84 Å². The molecule has 0 heterocycles. The maximum absolute atomic E-state index is 11.6. The lowest BCUT2D eigenvalue weighted by atomic mass is 10.1. The van der Waals surface area contributed by atoms with Gasteiger partial charge in [0.05, 0.1) is 0 Å². The predicted octanol–water partition coefficient (Wildman–Crippen LogP) is 1.65. The number of carbonyl (C=O) groups is 2. The van der Waals surface area contributed by atoms with Crippen LogP contribution in [0.2, 0.25) is 0 Å². The molecule has 0 aliphatic carbocycles. The Kier molecular flexibility index (Phi) is 4.85. The number of hydrogen-bond acceptors (Lipinski definition) is 3. The predicted molar refractivity (Wildman–Crippen MR) is 67.7 cm³/mol. The fourth-order valence-corrected chi connectivity index (χ4v) is 1.78. The molecule has 0 spiro atoms. The van der Waals surface area contributed by atoms with Gasteiger partial charge in [-0.25, -0.2) is 4.79 Å². The number of rotatable bonds is 5. The molecule has 2 N–H and O–H groups in total. The van der Waals surface area contributed by atoms with Crippen LogP contribution < -0.4 is 5.32 Å². The van der Waals surface area contributed by atoms with Gasteiger partial charge in [-0.1, -0.05) is 17.7 Å². The lowest BCUT2D eigenvalue weighted by Gasteiger charge is -2.12. The van der Waals surface area contributed by atoms with Gasteiger partial charge < -0.3 is 15.2 Å². The van der Waals surface area contributed by atoms with E-state index in [1.54, 1.807) is 0 Å². The Morgan fingerprint density at radius 3 is 2.22 bits per heavy atom. The van der Waals surface area contributed by atoms with Gasteiger partial charge in [0, 0.05) is 5.69 Å². The highest BCUT2D eigenvalue weighted by Gasteiger charge is 2.09. The molecule has 1 aromatic carbocycles. The van der Waals surface area contributed by atoms with Crippen molar-refractivity contribution in [1.82, 2.24) is 0 Å². The average Bonchev–Trinajstić information content (AvgIpc) is 2.22. The van der Waals surface area contributed by atoms with Crippen molar-refractivity contribution in [3.63, 3.8) is 0 Å². The monoisotopic (exact) mass is 251 g/mol. The van der Waals surface area contributed by atoms with E-state index in [1.165, 1.54) is 0 Å². The van der Waals surface area contributed by atoms with Crippen LogP contribution in [0.25, 0.3) is 0 Å². The maximum atomic E-state index is 11.6. The Morgan fingerprint density at radius 1 is 1.17 bits per heavy atom. The molecule has 0 fully saturated rings. The van der Waals surface area contributed by atoms with Crippen LogP contribution >= 0.6 is 0 Å². The van der Waals surface area contributed by atoms with E-state index >= 15 is 0 Å². The summed E-state index contributed by atoms with van der Waals surface area (Å²) in [6.45, 7) is 5.07. The van der Waals surface area contributed by atoms with Gasteiger partial charge in [-0.05, 0) is 31.9 Å². The molecular weight excluding hydrogens is 234 g/mol. The standard InChI is InChI=1S/C13H17NO4/c1-8-4-9(2)13(10(3)5-8)14-11(15)6-18-7-12(16)17/h4-5H,6-7H2,1-3H3,(H,14,15)(H,16,17). The topological polar surface area (TPSA) is 75.6 Å². The number of carbonyl (C=O) groups excluding carboxylic acids is 1. The van der Waals surface area contributed by atoms with Crippen LogP contribution in [-0.2, 0) is 14.3 Å². The smallest absolute Gasteiger partial charge is 0.329 e. The van der Waals surface area contributed by atoms with Crippen molar-refractivity contribution in [3.8, 4) is 0 Å². The molecule has 1 rings (SSSR count). The summed E-state index contributed by atoms with van der Waals surface area (Å²) in [7, 11) is 0. The first kappa shape index (κ1) is 14.2. The highest BCUT2D eigenvalue weighted by molar-refractivity contribution is 5.93. The Labute approximate surface area is 106 Å². The fraction of sp³-hybridized carbons (Fsp3) is 0.385. The summed E-state index contributed by atoms with van der Waals surface area (Å²) in [6.07, 6.45) is 0. The van der Waals surface area contributed by atoms with Crippen LogP contribution in [0, 0.1) is 20.8 Å². The van der Waals surface area contributed by atoms with Gasteiger partial charge >= 0.3 is 5.97 Å². The number of aliphatic carboxylic acids is 1. The molecule has 0 saturated carbocycles. The molecule has 0 unspecified atom stereocenters. The number of benzene rings is 1. The van der Waals surface area contributed by atoms with Crippen molar-refractivity contribution < 1.29 is 19.4 Å². The van der Waals surface area contributed by atoms with Crippen LogP contribution in [0.5, 0.6) is 0 Å². The lowest BCUT2D eigenvalue weighted by Crippen LogP contribution is -2.21. The van der Waals surface area contributed by atoms with Gasteiger partial charge in [-0.3, -0.25) is 4.79 Å². The Balaban J connectivity index is 2.62. The number of nitrogens with one attached hydrogen (secondary N) is 1. The van der Waals surface area contributed by atoms with Gasteiger partial charge in [-0.2, -0.15) is 0 Å². The minimum atomic E-state index is -1.09. The van der Waals surface area contributed by atoms with E-state index in [0.29, 0.717) is 0 Å². The highest BCUT2D eigenvalue weighted by Crippen LogP contribution is 2.21. The number of ether oxygens (including phenoxy) is 1. The van der Waals surface area contributed by atoms with Gasteiger partial charge in [0.25, 0.3) is 0 Å². The summed E-state index contributed by atoms with van der Waals surface area (Å²) in [4.78, 5) is 21.8. The minimum Gasteiger partial charge on any atom is -0.480 e. The zero-order valence-corrected chi connectivity index (χ0v) is 10.7. The first-order valence-electron chi connectivity index (χ1n) is 5.57. The second-order valence-electron chi connectivity index (χ2n) is 4.21. The molecular formula is C13H17NO4. The molecule has 1 amide bonds. The van der Waals surface area contributed by atoms with Gasteiger partial charge in [-0.15, -0.1) is 0 Å². The first-order chi connectivity index (χ1) is 8.40. The first-order valence-corrected chi connectivity index (χ1v) is 5.57. The van der Waals surface area contributed by atoms with Gasteiger partial charge in [0.2, 0.25) is 5.91 Å². The van der Waals surface area contributed by atoms with E-state index in [2.05, 4.69) is 5.32 Å². The summed E-state index contributed by atoms with van der Waals surface area (Å²) < 4.78 is 4.72. The number of hydrogen-bond donors (Lipinski definition) is 2. The van der Waals surface area contributed by atoms with Crippen LogP contribution in [0.3, 0.4) is 0 Å². The second-order valence-corrected chi connectivity index (χ2v) is 4.21. The molecule has 0 aliphatic rings. The quantitative estimate of drug-likeness (QED) is 0.834. The molecule has 5 heteroatoms. The van der Waals surface area contributed by atoms with Crippen molar-refractivity contribution >= 4 is 17.6 Å². The molecule has 0 aliphatic heterocycles. The van der Waals surface area contributed by atoms with E-state index in [0.717, 1.165) is 22.4 Å². The Morgan fingerprint density at radius 2 is 1.72 bits per heavy atom. The van der Waals surface area contributed by atoms with Gasteiger partial charge in [0.1, 0.15) is 13.2 Å². The molecule has 0 bridgehead atoms. The number of amides is 1. The van der Waals surface area contributed by atoms with Gasteiger partial charge in [0.15, 0.2) is 0 Å².